The summed E-state index contributed by atoms with van der Waals surface area (Å²) in [5.74, 6) is 0. The molecule has 4 atom stereocenters. The number of aliphatic hydroxyl groups excluding tert-OH is 5. The largest absolute Gasteiger partial charge is 0.394 e. The summed E-state index contributed by atoms with van der Waals surface area (Å²) in [5.41, 5.74) is 0. The van der Waals surface area contributed by atoms with Crippen LogP contribution in [-0.4, -0.2) is 63.3 Å². The van der Waals surface area contributed by atoms with Gasteiger partial charge < -0.3 is 30.3 Å². The predicted molar refractivity (Wildman–Crippen MR) is 42.7 cm³/mol. The Morgan fingerprint density at radius 2 is 1.62 bits per heavy atom. The van der Waals surface area contributed by atoms with Crippen molar-refractivity contribution in [2.45, 2.75) is 31.5 Å². The van der Waals surface area contributed by atoms with E-state index in [0.717, 1.165) is 0 Å². The summed E-state index contributed by atoms with van der Waals surface area (Å²) >= 11 is 0. The van der Waals surface area contributed by atoms with Crippen LogP contribution in [-0.2, 0) is 4.74 Å². The zero-order chi connectivity index (χ0) is 10.4. The van der Waals surface area contributed by atoms with Crippen molar-refractivity contribution in [3.05, 3.63) is 0 Å². The molecule has 0 aliphatic carbocycles. The molecule has 6 nitrogen and oxygen atoms in total. The fraction of sp³-hybridized carbons (Fsp3) is 1.00. The van der Waals surface area contributed by atoms with Crippen molar-refractivity contribution >= 4 is 0 Å². The first kappa shape index (κ1) is 12.8. The second-order valence-electron chi connectivity index (χ2n) is 2.74. The summed E-state index contributed by atoms with van der Waals surface area (Å²) in [6.07, 6.45) is -4.99. The van der Waals surface area contributed by atoms with Crippen molar-refractivity contribution < 1.29 is 30.3 Å². The molecule has 5 N–H and O–H groups in total. The molecule has 0 aliphatic rings. The van der Waals surface area contributed by atoms with E-state index in [4.69, 9.17) is 25.5 Å². The van der Waals surface area contributed by atoms with E-state index in [-0.39, 0.29) is 0 Å². The first-order chi connectivity index (χ1) is 6.02. The molecule has 13 heavy (non-hydrogen) atoms. The molecule has 0 aliphatic heterocycles. The fourth-order valence-corrected chi connectivity index (χ4v) is 0.669. The Balaban J connectivity index is 3.93. The molecule has 2 unspecified atom stereocenters. The highest BCUT2D eigenvalue weighted by Crippen LogP contribution is 2.04. The first-order valence-electron chi connectivity index (χ1n) is 3.94. The zero-order valence-electron chi connectivity index (χ0n) is 7.37. The molecule has 80 valence electrons. The van der Waals surface area contributed by atoms with Crippen LogP contribution in [0.15, 0.2) is 0 Å². The van der Waals surface area contributed by atoms with E-state index >= 15 is 0 Å². The highest BCUT2D eigenvalue weighted by Gasteiger charge is 2.23. The van der Waals surface area contributed by atoms with Crippen LogP contribution in [0.2, 0.25) is 0 Å². The van der Waals surface area contributed by atoms with Gasteiger partial charge in [0.15, 0.2) is 6.29 Å². The third-order valence-electron chi connectivity index (χ3n) is 1.55. The van der Waals surface area contributed by atoms with Gasteiger partial charge in [-0.1, -0.05) is 0 Å². The van der Waals surface area contributed by atoms with E-state index in [2.05, 4.69) is 4.74 Å². The van der Waals surface area contributed by atoms with Crippen LogP contribution < -0.4 is 0 Å². The van der Waals surface area contributed by atoms with Crippen molar-refractivity contribution in [3.63, 3.8) is 0 Å². The van der Waals surface area contributed by atoms with Crippen molar-refractivity contribution in [2.75, 3.05) is 13.2 Å². The Morgan fingerprint density at radius 1 is 1.08 bits per heavy atom. The summed E-state index contributed by atoms with van der Waals surface area (Å²) < 4.78 is 4.66. The summed E-state index contributed by atoms with van der Waals surface area (Å²) in [7, 11) is 0. The maximum atomic E-state index is 9.01. The van der Waals surface area contributed by atoms with E-state index in [1.165, 1.54) is 6.92 Å². The lowest BCUT2D eigenvalue weighted by Gasteiger charge is -2.24. The van der Waals surface area contributed by atoms with Crippen molar-refractivity contribution in [2.24, 2.45) is 0 Å². The predicted octanol–water partition coefficient (Wildman–Crippen LogP) is -2.58. The summed E-state index contributed by atoms with van der Waals surface area (Å²) in [6, 6.07) is 0. The third-order valence-corrected chi connectivity index (χ3v) is 1.55. The van der Waals surface area contributed by atoms with E-state index in [9.17, 15) is 0 Å². The minimum atomic E-state index is -1.61. The maximum Gasteiger partial charge on any atom is 0.183 e. The van der Waals surface area contributed by atoms with Crippen LogP contribution in [0.5, 0.6) is 0 Å². The summed E-state index contributed by atoms with van der Waals surface area (Å²) in [6.45, 7) is 0.241. The maximum absolute atomic E-state index is 9.01. The average Bonchev–Trinajstić information content (AvgIpc) is 2.11. The van der Waals surface area contributed by atoms with Crippen LogP contribution in [0.25, 0.3) is 0 Å². The summed E-state index contributed by atoms with van der Waals surface area (Å²) in [5, 5.41) is 43.9. The second-order valence-corrected chi connectivity index (χ2v) is 2.74. The van der Waals surface area contributed by atoms with Crippen molar-refractivity contribution in [3.8, 4) is 0 Å². The minimum Gasteiger partial charge on any atom is -0.394 e. The van der Waals surface area contributed by atoms with Crippen LogP contribution >= 0.6 is 0 Å². The molecule has 6 heteroatoms. The molecule has 0 radical (unpaired) electrons. The van der Waals surface area contributed by atoms with Crippen molar-refractivity contribution in [1.29, 1.82) is 0 Å². The van der Waals surface area contributed by atoms with Gasteiger partial charge in [0.1, 0.15) is 12.2 Å². The summed E-state index contributed by atoms with van der Waals surface area (Å²) in [4.78, 5) is 0. The normalized spacial score (nSPS) is 20.8. The molecule has 0 spiro atoms. The molecular formula is C7H16O6. The van der Waals surface area contributed by atoms with Gasteiger partial charge in [-0.05, 0) is 6.92 Å². The first-order valence-corrected chi connectivity index (χ1v) is 3.94. The molecular weight excluding hydrogens is 180 g/mol. The third kappa shape index (κ3) is 4.51. The van der Waals surface area contributed by atoms with Gasteiger partial charge in [-0.15, -0.1) is 0 Å². The second kappa shape index (κ2) is 6.25. The van der Waals surface area contributed by atoms with E-state index in [1.54, 1.807) is 0 Å². The molecule has 0 heterocycles. The van der Waals surface area contributed by atoms with E-state index in [0.29, 0.717) is 0 Å². The van der Waals surface area contributed by atoms with Crippen molar-refractivity contribution in [1.82, 2.24) is 0 Å². The fourth-order valence-electron chi connectivity index (χ4n) is 0.669. The highest BCUT2D eigenvalue weighted by molar-refractivity contribution is 4.66. The molecule has 0 bridgehead atoms. The molecule has 0 rings (SSSR count). The average molecular weight is 196 g/mol. The van der Waals surface area contributed by atoms with Gasteiger partial charge in [0, 0.05) is 0 Å². The van der Waals surface area contributed by atoms with Gasteiger partial charge in [-0.2, -0.15) is 0 Å². The smallest absolute Gasteiger partial charge is 0.183 e. The van der Waals surface area contributed by atoms with Gasteiger partial charge in [-0.3, -0.25) is 0 Å². The zero-order valence-corrected chi connectivity index (χ0v) is 7.37. The lowest BCUT2D eigenvalue weighted by Crippen LogP contribution is -2.40. The minimum absolute atomic E-state index is 0.479. The standard InChI is InChI=1S/C7H16O6/c1-4(10)6(3-9)13-7(12)5(11)2-8/h4-12H,2-3H2,1H3/t4-,5+,6?,7?/m1/s1. The van der Waals surface area contributed by atoms with Crippen LogP contribution in [0.3, 0.4) is 0 Å². The van der Waals surface area contributed by atoms with E-state index in [1.807, 2.05) is 0 Å². The van der Waals surface area contributed by atoms with E-state index < -0.39 is 37.8 Å². The molecule has 0 amide bonds. The van der Waals surface area contributed by atoms with Gasteiger partial charge in [0.2, 0.25) is 0 Å². The van der Waals surface area contributed by atoms with Gasteiger partial charge in [0.25, 0.3) is 0 Å². The quantitative estimate of drug-likeness (QED) is 0.298. The Morgan fingerprint density at radius 3 is 1.92 bits per heavy atom. The highest BCUT2D eigenvalue weighted by atomic mass is 16.6. The van der Waals surface area contributed by atoms with Gasteiger partial charge in [-0.25, -0.2) is 0 Å². The molecule has 0 saturated carbocycles. The monoisotopic (exact) mass is 196 g/mol. The molecule has 0 fully saturated rings. The number of hydrogen-bond acceptors (Lipinski definition) is 6. The Hall–Kier alpha value is -0.240. The number of aliphatic hydroxyl groups is 5. The Labute approximate surface area is 76.0 Å². The van der Waals surface area contributed by atoms with Gasteiger partial charge in [0.05, 0.1) is 19.3 Å². The van der Waals surface area contributed by atoms with Crippen LogP contribution in [0, 0.1) is 0 Å². The lowest BCUT2D eigenvalue weighted by molar-refractivity contribution is -0.217. The number of rotatable bonds is 6. The topological polar surface area (TPSA) is 110 Å². The number of hydrogen-bond donors (Lipinski definition) is 5. The molecule has 0 aromatic rings. The number of ether oxygens (including phenoxy) is 1. The molecule has 0 aromatic carbocycles. The van der Waals surface area contributed by atoms with Gasteiger partial charge >= 0.3 is 0 Å². The molecule has 0 saturated heterocycles. The SMILES string of the molecule is C[C@@H](O)C(CO)OC(O)[C@@H](O)CO. The van der Waals surface area contributed by atoms with Crippen LogP contribution in [0.4, 0.5) is 0 Å². The lowest BCUT2D eigenvalue weighted by atomic mass is 10.2. The van der Waals surface area contributed by atoms with Crippen LogP contribution in [0.1, 0.15) is 6.92 Å². The molecule has 0 aromatic heterocycles. The Kier molecular flexibility index (Phi) is 6.13. The Bertz CT molecular complexity index is 128.